The molecule has 1 aliphatic rings. The third-order valence-corrected chi connectivity index (χ3v) is 3.99. The van der Waals surface area contributed by atoms with E-state index in [0.29, 0.717) is 24.8 Å². The first-order chi connectivity index (χ1) is 10.1. The van der Waals surface area contributed by atoms with Gasteiger partial charge < -0.3 is 19.9 Å². The van der Waals surface area contributed by atoms with Crippen LogP contribution in [0.25, 0.3) is 0 Å². The Morgan fingerprint density at radius 3 is 2.81 bits per heavy atom. The van der Waals surface area contributed by atoms with Crippen molar-refractivity contribution in [3.63, 3.8) is 0 Å². The molecule has 2 N–H and O–H groups in total. The Bertz CT molecular complexity index is 678. The molecule has 0 spiro atoms. The molecular weight excluding hydrogens is 358 g/mol. The molecule has 3 rings (SSSR count). The number of benzene rings is 2. The van der Waals surface area contributed by atoms with Crippen molar-refractivity contribution in [1.82, 2.24) is 0 Å². The molecule has 0 aliphatic carbocycles. The van der Waals surface area contributed by atoms with Crippen LogP contribution in [-0.4, -0.2) is 18.3 Å². The molecule has 0 atom stereocenters. The second-order valence-electron chi connectivity index (χ2n) is 4.62. The zero-order valence-corrected chi connectivity index (χ0v) is 13.4. The number of anilines is 1. The van der Waals surface area contributed by atoms with Crippen LogP contribution < -0.4 is 14.8 Å². The highest BCUT2D eigenvalue weighted by Crippen LogP contribution is 2.38. The van der Waals surface area contributed by atoms with Crippen molar-refractivity contribution >= 4 is 33.2 Å². The number of halogens is 2. The van der Waals surface area contributed by atoms with E-state index < -0.39 is 0 Å². The highest BCUT2D eigenvalue weighted by atomic mass is 79.9. The van der Waals surface area contributed by atoms with E-state index in [1.807, 2.05) is 12.1 Å². The van der Waals surface area contributed by atoms with Gasteiger partial charge in [-0.3, -0.25) is 0 Å². The molecule has 2 aromatic rings. The van der Waals surface area contributed by atoms with Gasteiger partial charge in [0.25, 0.3) is 0 Å². The van der Waals surface area contributed by atoms with E-state index in [2.05, 4.69) is 21.2 Å². The quantitative estimate of drug-likeness (QED) is 0.795. The van der Waals surface area contributed by atoms with Crippen LogP contribution in [0.5, 0.6) is 17.2 Å². The van der Waals surface area contributed by atoms with Gasteiger partial charge in [0.15, 0.2) is 11.5 Å². The van der Waals surface area contributed by atoms with Gasteiger partial charge in [-0.25, -0.2) is 0 Å². The number of aromatic hydroxyl groups is 1. The number of rotatable bonds is 3. The lowest BCUT2D eigenvalue weighted by Crippen LogP contribution is -2.16. The lowest BCUT2D eigenvalue weighted by molar-refractivity contribution is 0.170. The lowest BCUT2D eigenvalue weighted by atomic mass is 10.2. The lowest BCUT2D eigenvalue weighted by Gasteiger charge is -2.20. The average molecular weight is 371 g/mol. The third-order valence-electron chi connectivity index (χ3n) is 3.10. The summed E-state index contributed by atoms with van der Waals surface area (Å²) in [5, 5.41) is 13.0. The Morgan fingerprint density at radius 2 is 2.00 bits per heavy atom. The van der Waals surface area contributed by atoms with E-state index in [0.717, 1.165) is 27.2 Å². The molecule has 2 aromatic carbocycles. The number of ether oxygens (including phenoxy) is 2. The van der Waals surface area contributed by atoms with Crippen molar-refractivity contribution in [2.45, 2.75) is 6.54 Å². The van der Waals surface area contributed by atoms with Gasteiger partial charge in [-0.05, 0) is 51.8 Å². The summed E-state index contributed by atoms with van der Waals surface area (Å²) in [6.07, 6.45) is 0. The van der Waals surface area contributed by atoms with Gasteiger partial charge in [0, 0.05) is 12.2 Å². The molecule has 0 fully saturated rings. The van der Waals surface area contributed by atoms with Crippen molar-refractivity contribution < 1.29 is 14.6 Å². The Balaban J connectivity index is 1.76. The molecular formula is C15H13BrClNO3. The monoisotopic (exact) mass is 369 g/mol. The Labute approximate surface area is 135 Å². The SMILES string of the molecule is Oc1ccc(NCc2cc(Br)c3c(c2)OCCO3)cc1Cl. The predicted octanol–water partition coefficient (Wildman–Crippen LogP) is 4.19. The van der Waals surface area contributed by atoms with Gasteiger partial charge in [-0.2, -0.15) is 0 Å². The highest BCUT2D eigenvalue weighted by molar-refractivity contribution is 9.10. The first-order valence-corrected chi connectivity index (χ1v) is 7.61. The molecule has 21 heavy (non-hydrogen) atoms. The fourth-order valence-corrected chi connectivity index (χ4v) is 2.87. The minimum Gasteiger partial charge on any atom is -0.506 e. The van der Waals surface area contributed by atoms with E-state index in [1.54, 1.807) is 18.2 Å². The zero-order chi connectivity index (χ0) is 14.8. The minimum atomic E-state index is 0.0734. The first kappa shape index (κ1) is 14.4. The Hall–Kier alpha value is -1.59. The Morgan fingerprint density at radius 1 is 1.19 bits per heavy atom. The van der Waals surface area contributed by atoms with E-state index in [1.165, 1.54) is 0 Å². The molecule has 4 nitrogen and oxygen atoms in total. The van der Waals surface area contributed by atoms with Crippen molar-refractivity contribution in [1.29, 1.82) is 0 Å². The van der Waals surface area contributed by atoms with Crippen molar-refractivity contribution in [3.05, 3.63) is 45.4 Å². The molecule has 0 radical (unpaired) electrons. The largest absolute Gasteiger partial charge is 0.506 e. The molecule has 0 unspecified atom stereocenters. The van der Waals surface area contributed by atoms with E-state index >= 15 is 0 Å². The van der Waals surface area contributed by atoms with Crippen molar-refractivity contribution in [2.75, 3.05) is 18.5 Å². The third kappa shape index (κ3) is 3.19. The fourth-order valence-electron chi connectivity index (χ4n) is 2.09. The summed E-state index contributed by atoms with van der Waals surface area (Å²) in [7, 11) is 0. The number of phenols is 1. The van der Waals surface area contributed by atoms with E-state index in [4.69, 9.17) is 21.1 Å². The fraction of sp³-hybridized carbons (Fsp3) is 0.200. The van der Waals surface area contributed by atoms with Gasteiger partial charge in [0.1, 0.15) is 19.0 Å². The number of phenolic OH excluding ortho intramolecular Hbond substituents is 1. The molecule has 110 valence electrons. The standard InChI is InChI=1S/C15H13BrClNO3/c16-11-5-9(6-14-15(11)21-4-3-20-14)8-18-10-1-2-13(19)12(17)7-10/h1-2,5-7,18-19H,3-4,8H2. The summed E-state index contributed by atoms with van der Waals surface area (Å²) in [6.45, 7) is 1.73. The molecule has 1 heterocycles. The van der Waals surface area contributed by atoms with Gasteiger partial charge in [0.2, 0.25) is 0 Å². The summed E-state index contributed by atoms with van der Waals surface area (Å²) in [5.74, 6) is 1.57. The summed E-state index contributed by atoms with van der Waals surface area (Å²) >= 11 is 9.37. The number of hydrogen-bond acceptors (Lipinski definition) is 4. The zero-order valence-electron chi connectivity index (χ0n) is 11.0. The maximum absolute atomic E-state index is 9.40. The van der Waals surface area contributed by atoms with Crippen LogP contribution in [0.15, 0.2) is 34.8 Å². The molecule has 0 saturated heterocycles. The van der Waals surface area contributed by atoms with Crippen LogP contribution in [0.3, 0.4) is 0 Å². The Kier molecular flexibility index (Phi) is 4.12. The number of hydrogen-bond donors (Lipinski definition) is 2. The summed E-state index contributed by atoms with van der Waals surface area (Å²) in [6, 6.07) is 8.96. The van der Waals surface area contributed by atoms with Gasteiger partial charge in [-0.15, -0.1) is 0 Å². The van der Waals surface area contributed by atoms with Crippen LogP contribution in [0.2, 0.25) is 5.02 Å². The summed E-state index contributed by atoms with van der Waals surface area (Å²) < 4.78 is 12.0. The smallest absolute Gasteiger partial charge is 0.175 e. The van der Waals surface area contributed by atoms with Crippen LogP contribution >= 0.6 is 27.5 Å². The number of nitrogens with one attached hydrogen (secondary N) is 1. The molecule has 1 aliphatic heterocycles. The normalized spacial score (nSPS) is 13.0. The van der Waals surface area contributed by atoms with Gasteiger partial charge in [-0.1, -0.05) is 11.6 Å². The maximum Gasteiger partial charge on any atom is 0.175 e. The minimum absolute atomic E-state index is 0.0734. The second-order valence-corrected chi connectivity index (χ2v) is 5.88. The van der Waals surface area contributed by atoms with Crippen molar-refractivity contribution in [2.24, 2.45) is 0 Å². The highest BCUT2D eigenvalue weighted by Gasteiger charge is 2.16. The first-order valence-electron chi connectivity index (χ1n) is 6.44. The molecule has 0 amide bonds. The maximum atomic E-state index is 9.40. The van der Waals surface area contributed by atoms with Crippen LogP contribution in [0.1, 0.15) is 5.56 Å². The van der Waals surface area contributed by atoms with Gasteiger partial charge in [0.05, 0.1) is 9.50 Å². The molecule has 0 saturated carbocycles. The van der Waals surface area contributed by atoms with Crippen LogP contribution in [0.4, 0.5) is 5.69 Å². The predicted molar refractivity (Wildman–Crippen MR) is 85.6 cm³/mol. The molecule has 6 heteroatoms. The van der Waals surface area contributed by atoms with Gasteiger partial charge >= 0.3 is 0 Å². The van der Waals surface area contributed by atoms with Crippen molar-refractivity contribution in [3.8, 4) is 17.2 Å². The average Bonchev–Trinajstić information content (AvgIpc) is 2.49. The van der Waals surface area contributed by atoms with E-state index in [-0.39, 0.29) is 5.75 Å². The molecule has 0 bridgehead atoms. The summed E-state index contributed by atoms with van der Waals surface area (Å²) in [5.41, 5.74) is 1.89. The second kappa shape index (κ2) is 6.03. The van der Waals surface area contributed by atoms with Crippen LogP contribution in [-0.2, 0) is 6.54 Å². The summed E-state index contributed by atoms with van der Waals surface area (Å²) in [4.78, 5) is 0. The van der Waals surface area contributed by atoms with E-state index in [9.17, 15) is 5.11 Å². The number of fused-ring (bicyclic) bond motifs is 1. The molecule has 0 aromatic heterocycles. The topological polar surface area (TPSA) is 50.7 Å². The van der Waals surface area contributed by atoms with Crippen LogP contribution in [0, 0.1) is 0 Å².